The molecule has 3 rings (SSSR count). The molecule has 1 aliphatic rings. The zero-order valence-corrected chi connectivity index (χ0v) is 17.3. The Morgan fingerprint density at radius 2 is 1.89 bits per heavy atom. The van der Waals surface area contributed by atoms with E-state index in [-0.39, 0.29) is 10.8 Å². The number of hydrogen-bond donors (Lipinski definition) is 1. The highest BCUT2D eigenvalue weighted by Crippen LogP contribution is 2.32. The number of sulfonamides is 1. The molecule has 6 nitrogen and oxygen atoms in total. The lowest BCUT2D eigenvalue weighted by atomic mass is 10.2. The minimum Gasteiger partial charge on any atom is -0.492 e. The molecule has 1 amide bonds. The van der Waals surface area contributed by atoms with E-state index in [9.17, 15) is 13.2 Å². The van der Waals surface area contributed by atoms with E-state index in [2.05, 4.69) is 21.2 Å². The van der Waals surface area contributed by atoms with Crippen molar-refractivity contribution in [3.63, 3.8) is 0 Å². The Morgan fingerprint density at radius 3 is 2.56 bits per heavy atom. The summed E-state index contributed by atoms with van der Waals surface area (Å²) in [5, 5.41) is 2.76. The van der Waals surface area contributed by atoms with Crippen LogP contribution in [0, 0.1) is 0 Å². The van der Waals surface area contributed by atoms with Gasteiger partial charge in [0.05, 0.1) is 12.2 Å². The second-order valence-corrected chi connectivity index (χ2v) is 8.90. The molecule has 1 N–H and O–H groups in total. The summed E-state index contributed by atoms with van der Waals surface area (Å²) >= 11 is 3.35. The second-order valence-electron chi connectivity index (χ2n) is 6.14. The van der Waals surface area contributed by atoms with Gasteiger partial charge in [-0.25, -0.2) is 8.42 Å². The van der Waals surface area contributed by atoms with E-state index in [4.69, 9.17) is 4.74 Å². The SMILES string of the molecule is CCOc1ccc(NC(=O)c2ccccc2Br)cc1S(=O)(=O)N1CCCC1. The Bertz CT molecular complexity index is 940. The lowest BCUT2D eigenvalue weighted by Crippen LogP contribution is -2.28. The van der Waals surface area contributed by atoms with E-state index in [1.807, 2.05) is 6.07 Å². The molecule has 1 saturated heterocycles. The fraction of sp³-hybridized carbons (Fsp3) is 0.316. The number of halogens is 1. The van der Waals surface area contributed by atoms with Crippen molar-refractivity contribution in [1.29, 1.82) is 0 Å². The smallest absolute Gasteiger partial charge is 0.256 e. The second kappa shape index (κ2) is 8.41. The molecule has 2 aromatic carbocycles. The first-order valence-electron chi connectivity index (χ1n) is 8.76. The van der Waals surface area contributed by atoms with Crippen LogP contribution in [0.3, 0.4) is 0 Å². The zero-order valence-electron chi connectivity index (χ0n) is 14.9. The summed E-state index contributed by atoms with van der Waals surface area (Å²) < 4.78 is 33.7. The maximum atomic E-state index is 13.0. The Balaban J connectivity index is 1.94. The topological polar surface area (TPSA) is 75.7 Å². The molecular weight excluding hydrogens is 432 g/mol. The molecule has 8 heteroatoms. The molecule has 0 atom stereocenters. The number of anilines is 1. The average Bonchev–Trinajstić information content (AvgIpc) is 3.19. The van der Waals surface area contributed by atoms with Gasteiger partial charge in [-0.15, -0.1) is 0 Å². The van der Waals surface area contributed by atoms with Crippen LogP contribution in [-0.2, 0) is 10.0 Å². The molecule has 0 unspecified atom stereocenters. The summed E-state index contributed by atoms with van der Waals surface area (Å²) in [6.45, 7) is 3.16. The van der Waals surface area contributed by atoms with Gasteiger partial charge in [0, 0.05) is 23.2 Å². The van der Waals surface area contributed by atoms with Crippen molar-refractivity contribution in [2.24, 2.45) is 0 Å². The molecule has 0 saturated carbocycles. The number of ether oxygens (including phenoxy) is 1. The normalized spacial score (nSPS) is 14.9. The summed E-state index contributed by atoms with van der Waals surface area (Å²) in [5.41, 5.74) is 0.868. The molecule has 144 valence electrons. The van der Waals surface area contributed by atoms with Gasteiger partial charge in [0.15, 0.2) is 0 Å². The molecule has 1 heterocycles. The van der Waals surface area contributed by atoms with Gasteiger partial charge in [-0.05, 0) is 66.0 Å². The molecule has 0 bridgehead atoms. The third-order valence-corrected chi connectivity index (χ3v) is 6.91. The minimum atomic E-state index is -3.67. The number of amides is 1. The van der Waals surface area contributed by atoms with Crippen LogP contribution in [0.15, 0.2) is 51.8 Å². The molecule has 1 fully saturated rings. The Kier molecular flexibility index (Phi) is 6.18. The number of benzene rings is 2. The van der Waals surface area contributed by atoms with Crippen LogP contribution in [0.25, 0.3) is 0 Å². The summed E-state index contributed by atoms with van der Waals surface area (Å²) in [5.74, 6) is -0.0283. The van der Waals surface area contributed by atoms with Crippen molar-refractivity contribution < 1.29 is 17.9 Å². The van der Waals surface area contributed by atoms with E-state index in [0.717, 1.165) is 12.8 Å². The Labute approximate surface area is 167 Å². The van der Waals surface area contributed by atoms with Gasteiger partial charge < -0.3 is 10.1 Å². The first kappa shape index (κ1) is 19.9. The zero-order chi connectivity index (χ0) is 19.4. The number of carbonyl (C=O) groups is 1. The van der Waals surface area contributed by atoms with Crippen LogP contribution in [0.4, 0.5) is 5.69 Å². The Morgan fingerprint density at radius 1 is 1.19 bits per heavy atom. The summed E-state index contributed by atoms with van der Waals surface area (Å²) in [7, 11) is -3.67. The molecule has 2 aromatic rings. The van der Waals surface area contributed by atoms with Crippen molar-refractivity contribution >= 4 is 37.5 Å². The van der Waals surface area contributed by atoms with E-state index < -0.39 is 10.0 Å². The van der Waals surface area contributed by atoms with Crippen LogP contribution < -0.4 is 10.1 Å². The lowest BCUT2D eigenvalue weighted by molar-refractivity contribution is 0.102. The van der Waals surface area contributed by atoms with Gasteiger partial charge in [0.2, 0.25) is 10.0 Å². The van der Waals surface area contributed by atoms with Crippen LogP contribution in [0.2, 0.25) is 0 Å². The molecule has 0 aliphatic carbocycles. The fourth-order valence-electron chi connectivity index (χ4n) is 2.97. The molecule has 1 aliphatic heterocycles. The summed E-state index contributed by atoms with van der Waals surface area (Å²) in [4.78, 5) is 12.6. The number of hydrogen-bond acceptors (Lipinski definition) is 4. The number of nitrogens with one attached hydrogen (secondary N) is 1. The monoisotopic (exact) mass is 452 g/mol. The van der Waals surface area contributed by atoms with Crippen LogP contribution in [0.1, 0.15) is 30.1 Å². The highest BCUT2D eigenvalue weighted by molar-refractivity contribution is 9.10. The number of rotatable bonds is 6. The largest absolute Gasteiger partial charge is 0.492 e. The number of nitrogens with zero attached hydrogens (tertiary/aromatic N) is 1. The highest BCUT2D eigenvalue weighted by Gasteiger charge is 2.30. The van der Waals surface area contributed by atoms with E-state index >= 15 is 0 Å². The molecule has 0 radical (unpaired) electrons. The van der Waals surface area contributed by atoms with E-state index in [1.54, 1.807) is 37.3 Å². The van der Waals surface area contributed by atoms with Crippen molar-refractivity contribution in [1.82, 2.24) is 4.31 Å². The molecule has 0 aromatic heterocycles. The van der Waals surface area contributed by atoms with Gasteiger partial charge in [-0.3, -0.25) is 4.79 Å². The van der Waals surface area contributed by atoms with Crippen LogP contribution in [0.5, 0.6) is 5.75 Å². The van der Waals surface area contributed by atoms with Gasteiger partial charge in [0.1, 0.15) is 10.6 Å². The summed E-state index contributed by atoms with van der Waals surface area (Å²) in [6, 6.07) is 11.7. The van der Waals surface area contributed by atoms with E-state index in [0.29, 0.717) is 41.2 Å². The van der Waals surface area contributed by atoms with Crippen molar-refractivity contribution in [3.8, 4) is 5.75 Å². The first-order chi connectivity index (χ1) is 12.9. The predicted octanol–water partition coefficient (Wildman–Crippen LogP) is 3.88. The van der Waals surface area contributed by atoms with E-state index in [1.165, 1.54) is 10.4 Å². The van der Waals surface area contributed by atoms with Crippen LogP contribution in [-0.4, -0.2) is 38.3 Å². The van der Waals surface area contributed by atoms with Crippen molar-refractivity contribution in [2.75, 3.05) is 25.0 Å². The fourth-order valence-corrected chi connectivity index (χ4v) is 5.11. The predicted molar refractivity (Wildman–Crippen MR) is 108 cm³/mol. The first-order valence-corrected chi connectivity index (χ1v) is 11.0. The molecular formula is C19H21BrN2O4S. The van der Waals surface area contributed by atoms with Crippen molar-refractivity contribution in [3.05, 3.63) is 52.5 Å². The van der Waals surface area contributed by atoms with Gasteiger partial charge in [0.25, 0.3) is 5.91 Å². The average molecular weight is 453 g/mol. The Hall–Kier alpha value is -1.90. The summed E-state index contributed by atoms with van der Waals surface area (Å²) in [6.07, 6.45) is 1.70. The number of carbonyl (C=O) groups excluding carboxylic acids is 1. The lowest BCUT2D eigenvalue weighted by Gasteiger charge is -2.19. The van der Waals surface area contributed by atoms with Gasteiger partial charge in [-0.1, -0.05) is 12.1 Å². The molecule has 27 heavy (non-hydrogen) atoms. The maximum Gasteiger partial charge on any atom is 0.256 e. The molecule has 0 spiro atoms. The standard InChI is InChI=1S/C19H21BrN2O4S/c1-2-26-17-10-9-14(21-19(23)15-7-3-4-8-16(15)20)13-18(17)27(24,25)22-11-5-6-12-22/h3-4,7-10,13H,2,5-6,11-12H2,1H3,(H,21,23). The quantitative estimate of drug-likeness (QED) is 0.721. The van der Waals surface area contributed by atoms with Gasteiger partial charge in [-0.2, -0.15) is 4.31 Å². The third-order valence-electron chi connectivity index (χ3n) is 4.30. The van der Waals surface area contributed by atoms with Gasteiger partial charge >= 0.3 is 0 Å². The minimum absolute atomic E-state index is 0.0798. The third kappa shape index (κ3) is 4.34. The maximum absolute atomic E-state index is 13.0. The van der Waals surface area contributed by atoms with Crippen molar-refractivity contribution in [2.45, 2.75) is 24.7 Å². The highest BCUT2D eigenvalue weighted by atomic mass is 79.9. The van der Waals surface area contributed by atoms with Crippen LogP contribution >= 0.6 is 15.9 Å².